The Morgan fingerprint density at radius 2 is 2.06 bits per heavy atom. The van der Waals surface area contributed by atoms with Crippen LogP contribution in [-0.2, 0) is 6.42 Å². The normalized spacial score (nSPS) is 11.0. The van der Waals surface area contributed by atoms with Gasteiger partial charge in [0.1, 0.15) is 10.7 Å². The van der Waals surface area contributed by atoms with Gasteiger partial charge in [0.05, 0.1) is 6.61 Å². The lowest BCUT2D eigenvalue weighted by Gasteiger charge is -2.02. The highest BCUT2D eigenvalue weighted by molar-refractivity contribution is 7.18. The minimum absolute atomic E-state index is 0.0281. The van der Waals surface area contributed by atoms with E-state index in [2.05, 4.69) is 9.97 Å². The SMILES string of the molecule is Cc1sc2nc(CCO)nc(C(=O)O)c2c1C. The van der Waals surface area contributed by atoms with Gasteiger partial charge < -0.3 is 10.2 Å². The molecular weight excluding hydrogens is 240 g/mol. The number of thiophene rings is 1. The van der Waals surface area contributed by atoms with Gasteiger partial charge in [-0.05, 0) is 19.4 Å². The number of aromatic nitrogens is 2. The second-order valence-corrected chi connectivity index (χ2v) is 4.93. The molecule has 6 heteroatoms. The maximum absolute atomic E-state index is 11.2. The quantitative estimate of drug-likeness (QED) is 0.865. The summed E-state index contributed by atoms with van der Waals surface area (Å²) in [7, 11) is 0. The molecule has 2 rings (SSSR count). The Morgan fingerprint density at radius 1 is 1.35 bits per heavy atom. The van der Waals surface area contributed by atoms with Crippen LogP contribution in [0.5, 0.6) is 0 Å². The van der Waals surface area contributed by atoms with Crippen molar-refractivity contribution in [3.05, 3.63) is 22.0 Å². The summed E-state index contributed by atoms with van der Waals surface area (Å²) in [6.45, 7) is 3.71. The van der Waals surface area contributed by atoms with E-state index >= 15 is 0 Å². The number of nitrogens with zero attached hydrogens (tertiary/aromatic N) is 2. The zero-order valence-electron chi connectivity index (χ0n) is 9.52. The fraction of sp³-hybridized carbons (Fsp3) is 0.364. The number of carbonyl (C=O) groups is 1. The molecule has 0 aliphatic heterocycles. The molecule has 17 heavy (non-hydrogen) atoms. The van der Waals surface area contributed by atoms with Crippen LogP contribution in [-0.4, -0.2) is 32.8 Å². The summed E-state index contributed by atoms with van der Waals surface area (Å²) >= 11 is 1.45. The van der Waals surface area contributed by atoms with E-state index in [0.29, 0.717) is 16.0 Å². The van der Waals surface area contributed by atoms with Gasteiger partial charge in [-0.2, -0.15) is 0 Å². The molecule has 0 bridgehead atoms. The molecule has 0 radical (unpaired) electrons. The number of aromatic carboxylic acids is 1. The molecule has 0 atom stereocenters. The van der Waals surface area contributed by atoms with Crippen LogP contribution < -0.4 is 0 Å². The van der Waals surface area contributed by atoms with E-state index in [0.717, 1.165) is 10.4 Å². The molecular formula is C11H12N2O3S. The fourth-order valence-electron chi connectivity index (χ4n) is 1.66. The van der Waals surface area contributed by atoms with Crippen LogP contribution in [0.3, 0.4) is 0 Å². The van der Waals surface area contributed by atoms with Crippen molar-refractivity contribution in [3.63, 3.8) is 0 Å². The second-order valence-electron chi connectivity index (χ2n) is 3.73. The molecule has 2 heterocycles. The van der Waals surface area contributed by atoms with Crippen molar-refractivity contribution in [2.75, 3.05) is 6.61 Å². The fourth-order valence-corrected chi connectivity index (χ4v) is 2.71. The number of aliphatic hydroxyl groups excluding tert-OH is 1. The maximum atomic E-state index is 11.2. The Balaban J connectivity index is 2.76. The molecule has 0 aliphatic carbocycles. The molecule has 0 fully saturated rings. The molecule has 2 aromatic rings. The molecule has 0 aliphatic rings. The van der Waals surface area contributed by atoms with Gasteiger partial charge in [0.2, 0.25) is 0 Å². The van der Waals surface area contributed by atoms with E-state index in [1.165, 1.54) is 11.3 Å². The second kappa shape index (κ2) is 4.38. The van der Waals surface area contributed by atoms with E-state index in [4.69, 9.17) is 10.2 Å². The lowest BCUT2D eigenvalue weighted by atomic mass is 10.1. The number of hydrogen-bond donors (Lipinski definition) is 2. The maximum Gasteiger partial charge on any atom is 0.355 e. The number of hydrogen-bond acceptors (Lipinski definition) is 5. The first-order valence-corrected chi connectivity index (χ1v) is 5.97. The summed E-state index contributed by atoms with van der Waals surface area (Å²) in [5.41, 5.74) is 0.943. The summed E-state index contributed by atoms with van der Waals surface area (Å²) in [6, 6.07) is 0. The predicted molar refractivity (Wildman–Crippen MR) is 64.6 cm³/mol. The number of fused-ring (bicyclic) bond motifs is 1. The average molecular weight is 252 g/mol. The van der Waals surface area contributed by atoms with Crippen molar-refractivity contribution in [2.24, 2.45) is 0 Å². The molecule has 2 N–H and O–H groups in total. The Hall–Kier alpha value is -1.53. The number of rotatable bonds is 3. The zero-order valence-corrected chi connectivity index (χ0v) is 10.3. The summed E-state index contributed by atoms with van der Waals surface area (Å²) in [5, 5.41) is 18.6. The topological polar surface area (TPSA) is 83.3 Å². The van der Waals surface area contributed by atoms with Crippen molar-refractivity contribution in [3.8, 4) is 0 Å². The lowest BCUT2D eigenvalue weighted by molar-refractivity contribution is 0.0692. The highest BCUT2D eigenvalue weighted by atomic mass is 32.1. The summed E-state index contributed by atoms with van der Waals surface area (Å²) < 4.78 is 0. The number of carboxylic acids is 1. The zero-order chi connectivity index (χ0) is 12.6. The molecule has 0 spiro atoms. The molecule has 5 nitrogen and oxygen atoms in total. The number of aryl methyl sites for hydroxylation is 2. The molecule has 0 unspecified atom stereocenters. The van der Waals surface area contributed by atoms with E-state index in [-0.39, 0.29) is 18.7 Å². The summed E-state index contributed by atoms with van der Waals surface area (Å²) in [4.78, 5) is 21.2. The largest absolute Gasteiger partial charge is 0.476 e. The predicted octanol–water partition coefficient (Wildman–Crippen LogP) is 1.54. The van der Waals surface area contributed by atoms with Crippen molar-refractivity contribution in [1.82, 2.24) is 9.97 Å². The number of aliphatic hydroxyl groups is 1. The van der Waals surface area contributed by atoms with Gasteiger partial charge in [-0.15, -0.1) is 11.3 Å². The van der Waals surface area contributed by atoms with E-state index in [9.17, 15) is 4.79 Å². The first-order valence-electron chi connectivity index (χ1n) is 5.15. The van der Waals surface area contributed by atoms with E-state index < -0.39 is 5.97 Å². The van der Waals surface area contributed by atoms with Crippen molar-refractivity contribution in [1.29, 1.82) is 0 Å². The standard InChI is InChI=1S/C11H12N2O3S/c1-5-6(2)17-10-8(5)9(11(15)16)12-7(13-10)3-4-14/h14H,3-4H2,1-2H3,(H,15,16). The Morgan fingerprint density at radius 3 is 2.65 bits per heavy atom. The van der Waals surface area contributed by atoms with Gasteiger partial charge in [0, 0.05) is 16.7 Å². The Kier molecular flexibility index (Phi) is 3.08. The van der Waals surface area contributed by atoms with Crippen molar-refractivity contribution in [2.45, 2.75) is 20.3 Å². The van der Waals surface area contributed by atoms with Gasteiger partial charge in [0.25, 0.3) is 0 Å². The Bertz CT molecular complexity index is 592. The third kappa shape index (κ3) is 2.01. The minimum atomic E-state index is -1.06. The molecule has 0 saturated heterocycles. The van der Waals surface area contributed by atoms with Gasteiger partial charge in [0.15, 0.2) is 5.69 Å². The van der Waals surface area contributed by atoms with E-state index in [1.807, 2.05) is 13.8 Å². The molecule has 0 aromatic carbocycles. The van der Waals surface area contributed by atoms with Crippen LogP contribution in [0.1, 0.15) is 26.8 Å². The minimum Gasteiger partial charge on any atom is -0.476 e. The highest BCUT2D eigenvalue weighted by Gasteiger charge is 2.18. The highest BCUT2D eigenvalue weighted by Crippen LogP contribution is 2.30. The lowest BCUT2D eigenvalue weighted by Crippen LogP contribution is -2.07. The smallest absolute Gasteiger partial charge is 0.355 e. The third-order valence-corrected chi connectivity index (χ3v) is 3.71. The van der Waals surface area contributed by atoms with Crippen LogP contribution in [0.4, 0.5) is 0 Å². The average Bonchev–Trinajstić information content (AvgIpc) is 2.54. The Labute approximate surface area is 102 Å². The summed E-state index contributed by atoms with van der Waals surface area (Å²) in [5.74, 6) is -0.684. The van der Waals surface area contributed by atoms with Gasteiger partial charge in [-0.25, -0.2) is 14.8 Å². The van der Waals surface area contributed by atoms with Gasteiger partial charge in [-0.1, -0.05) is 0 Å². The third-order valence-electron chi connectivity index (χ3n) is 2.61. The van der Waals surface area contributed by atoms with Gasteiger partial charge >= 0.3 is 5.97 Å². The first-order chi connectivity index (χ1) is 8.04. The molecule has 90 valence electrons. The van der Waals surface area contributed by atoms with Crippen LogP contribution in [0.25, 0.3) is 10.2 Å². The van der Waals surface area contributed by atoms with Crippen LogP contribution in [0.15, 0.2) is 0 Å². The number of carboxylic acid groups (broad SMARTS) is 1. The van der Waals surface area contributed by atoms with Crippen LogP contribution in [0, 0.1) is 13.8 Å². The van der Waals surface area contributed by atoms with Crippen LogP contribution >= 0.6 is 11.3 Å². The summed E-state index contributed by atoms with van der Waals surface area (Å²) in [6.07, 6.45) is 0.270. The molecule has 0 amide bonds. The van der Waals surface area contributed by atoms with Crippen molar-refractivity contribution >= 4 is 27.5 Å². The molecule has 0 saturated carbocycles. The van der Waals surface area contributed by atoms with Crippen molar-refractivity contribution < 1.29 is 15.0 Å². The van der Waals surface area contributed by atoms with Crippen LogP contribution in [0.2, 0.25) is 0 Å². The monoisotopic (exact) mass is 252 g/mol. The van der Waals surface area contributed by atoms with E-state index in [1.54, 1.807) is 0 Å². The molecule has 2 aromatic heterocycles. The van der Waals surface area contributed by atoms with Gasteiger partial charge in [-0.3, -0.25) is 0 Å². The first kappa shape index (κ1) is 11.9.